The second kappa shape index (κ2) is 2.80. The number of allylic oxidation sites excluding steroid dienone is 2. The van der Waals surface area contributed by atoms with E-state index >= 15 is 0 Å². The summed E-state index contributed by atoms with van der Waals surface area (Å²) in [4.78, 5) is 12.8. The molecule has 1 heteroatoms. The largest absolute Gasteiger partial charge is 0.298 e. The molecule has 0 N–H and O–H groups in total. The van der Waals surface area contributed by atoms with Crippen molar-refractivity contribution in [3.05, 3.63) is 11.6 Å². The first-order valence-electron chi connectivity index (χ1n) is 6.63. The van der Waals surface area contributed by atoms with Gasteiger partial charge in [0, 0.05) is 11.3 Å². The summed E-state index contributed by atoms with van der Waals surface area (Å²) in [5.41, 5.74) is 1.55. The molecule has 1 spiro atoms. The third kappa shape index (κ3) is 0.881. The van der Waals surface area contributed by atoms with Crippen LogP contribution in [0.25, 0.3) is 0 Å². The van der Waals surface area contributed by atoms with E-state index in [1.165, 1.54) is 18.4 Å². The zero-order valence-electron chi connectivity index (χ0n) is 10.8. The maximum atomic E-state index is 12.8. The van der Waals surface area contributed by atoms with Crippen molar-refractivity contribution in [2.24, 2.45) is 28.6 Å². The number of rotatable bonds is 0. The van der Waals surface area contributed by atoms with Gasteiger partial charge in [0.1, 0.15) is 5.78 Å². The molecule has 3 aliphatic rings. The van der Waals surface area contributed by atoms with E-state index in [1.54, 1.807) is 0 Å². The van der Waals surface area contributed by atoms with Gasteiger partial charge in [-0.1, -0.05) is 32.4 Å². The molecule has 0 heterocycles. The lowest BCUT2D eigenvalue weighted by molar-refractivity contribution is -0.131. The Morgan fingerprint density at radius 3 is 2.69 bits per heavy atom. The SMILES string of the molecule is CC1=CCC23C(=O)C1C(C)(C)C2CC[C@H]3C. The molecule has 3 unspecified atom stereocenters. The third-order valence-electron chi connectivity index (χ3n) is 5.97. The van der Waals surface area contributed by atoms with Crippen LogP contribution in [0.5, 0.6) is 0 Å². The van der Waals surface area contributed by atoms with Gasteiger partial charge in [-0.15, -0.1) is 0 Å². The van der Waals surface area contributed by atoms with Crippen molar-refractivity contribution in [2.45, 2.75) is 47.0 Å². The van der Waals surface area contributed by atoms with Crippen molar-refractivity contribution in [2.75, 3.05) is 0 Å². The van der Waals surface area contributed by atoms with Crippen molar-refractivity contribution in [3.8, 4) is 0 Å². The third-order valence-corrected chi connectivity index (χ3v) is 5.97. The summed E-state index contributed by atoms with van der Waals surface area (Å²) in [7, 11) is 0. The van der Waals surface area contributed by atoms with E-state index in [1.807, 2.05) is 0 Å². The number of hydrogen-bond donors (Lipinski definition) is 0. The fourth-order valence-corrected chi connectivity index (χ4v) is 5.22. The quantitative estimate of drug-likeness (QED) is 0.568. The summed E-state index contributed by atoms with van der Waals surface area (Å²) in [5.74, 6) is 2.02. The molecule has 16 heavy (non-hydrogen) atoms. The monoisotopic (exact) mass is 218 g/mol. The first-order chi connectivity index (χ1) is 7.42. The van der Waals surface area contributed by atoms with Gasteiger partial charge in [0.05, 0.1) is 0 Å². The van der Waals surface area contributed by atoms with Crippen LogP contribution in [0, 0.1) is 28.6 Å². The normalized spacial score (nSPS) is 49.1. The molecule has 0 amide bonds. The topological polar surface area (TPSA) is 17.1 Å². The van der Waals surface area contributed by atoms with E-state index in [0.717, 1.165) is 6.42 Å². The van der Waals surface area contributed by atoms with Crippen molar-refractivity contribution < 1.29 is 4.79 Å². The number of fused-ring (bicyclic) bond motifs is 1. The zero-order valence-corrected chi connectivity index (χ0v) is 10.8. The Morgan fingerprint density at radius 1 is 1.31 bits per heavy atom. The smallest absolute Gasteiger partial charge is 0.147 e. The lowest BCUT2D eigenvalue weighted by atomic mass is 9.67. The number of carbonyl (C=O) groups is 1. The van der Waals surface area contributed by atoms with Crippen molar-refractivity contribution in [3.63, 3.8) is 0 Å². The van der Waals surface area contributed by atoms with Gasteiger partial charge in [-0.3, -0.25) is 4.79 Å². The zero-order chi connectivity index (χ0) is 11.7. The minimum absolute atomic E-state index is 0.0215. The van der Waals surface area contributed by atoms with E-state index in [2.05, 4.69) is 33.8 Å². The van der Waals surface area contributed by atoms with Crippen LogP contribution >= 0.6 is 0 Å². The minimum Gasteiger partial charge on any atom is -0.298 e. The number of carbonyl (C=O) groups excluding carboxylic acids is 1. The van der Waals surface area contributed by atoms with E-state index in [0.29, 0.717) is 17.6 Å². The van der Waals surface area contributed by atoms with Gasteiger partial charge in [0.2, 0.25) is 0 Å². The average molecular weight is 218 g/mol. The van der Waals surface area contributed by atoms with Gasteiger partial charge in [-0.25, -0.2) is 0 Å². The highest BCUT2D eigenvalue weighted by Crippen LogP contribution is 2.69. The Kier molecular flexibility index (Phi) is 1.85. The van der Waals surface area contributed by atoms with E-state index in [9.17, 15) is 4.79 Å². The van der Waals surface area contributed by atoms with Gasteiger partial charge in [-0.05, 0) is 43.4 Å². The van der Waals surface area contributed by atoms with E-state index in [4.69, 9.17) is 0 Å². The molecule has 2 fully saturated rings. The second-order valence-electron chi connectivity index (χ2n) is 6.84. The Morgan fingerprint density at radius 2 is 2.00 bits per heavy atom. The Hall–Kier alpha value is -0.590. The Labute approximate surface area is 98.3 Å². The molecule has 0 aromatic carbocycles. The standard InChI is InChI=1S/C15H22O/c1-9-7-8-15-10(2)5-6-11(15)14(3,4)12(9)13(15)16/h7,10-12H,5-6,8H2,1-4H3/t10-,11?,12?,15?/m1/s1. The second-order valence-corrected chi connectivity index (χ2v) is 6.84. The summed E-state index contributed by atoms with van der Waals surface area (Å²) < 4.78 is 0. The fraction of sp³-hybridized carbons (Fsp3) is 0.800. The van der Waals surface area contributed by atoms with Gasteiger partial charge < -0.3 is 0 Å². The van der Waals surface area contributed by atoms with Gasteiger partial charge in [0.15, 0.2) is 0 Å². The Balaban J connectivity index is 2.21. The average Bonchev–Trinajstić information content (AvgIpc) is 2.56. The predicted octanol–water partition coefficient (Wildman–Crippen LogP) is 3.59. The molecule has 0 aliphatic heterocycles. The van der Waals surface area contributed by atoms with Crippen molar-refractivity contribution in [1.82, 2.24) is 0 Å². The summed E-state index contributed by atoms with van der Waals surface area (Å²) in [6.45, 7) is 9.10. The van der Waals surface area contributed by atoms with Crippen LogP contribution in [0.4, 0.5) is 0 Å². The van der Waals surface area contributed by atoms with Crippen LogP contribution in [0.15, 0.2) is 11.6 Å². The lowest BCUT2D eigenvalue weighted by Crippen LogP contribution is -2.37. The van der Waals surface area contributed by atoms with Crippen molar-refractivity contribution in [1.29, 1.82) is 0 Å². The highest BCUT2D eigenvalue weighted by Gasteiger charge is 2.68. The molecular formula is C15H22O. The molecule has 88 valence electrons. The summed E-state index contributed by atoms with van der Waals surface area (Å²) in [5, 5.41) is 0. The molecule has 3 rings (SSSR count). The van der Waals surface area contributed by atoms with E-state index in [-0.39, 0.29) is 16.7 Å². The Bertz CT molecular complexity index is 390. The van der Waals surface area contributed by atoms with Crippen LogP contribution < -0.4 is 0 Å². The number of hydrogen-bond acceptors (Lipinski definition) is 1. The molecule has 0 radical (unpaired) electrons. The number of Topliss-reactive ketones (excluding diaryl/α,β-unsaturated/α-hetero) is 1. The fourth-order valence-electron chi connectivity index (χ4n) is 5.22. The maximum absolute atomic E-state index is 12.8. The minimum atomic E-state index is 0.0215. The molecule has 1 nitrogen and oxygen atoms in total. The summed E-state index contributed by atoms with van der Waals surface area (Å²) in [6.07, 6.45) is 5.88. The van der Waals surface area contributed by atoms with Crippen LogP contribution in [-0.4, -0.2) is 5.78 Å². The summed E-state index contributed by atoms with van der Waals surface area (Å²) >= 11 is 0. The number of ketones is 1. The summed E-state index contributed by atoms with van der Waals surface area (Å²) in [6, 6.07) is 0. The van der Waals surface area contributed by atoms with Crippen LogP contribution in [0.3, 0.4) is 0 Å². The first kappa shape index (κ1) is 10.6. The molecule has 0 aromatic rings. The van der Waals surface area contributed by atoms with Crippen molar-refractivity contribution >= 4 is 5.78 Å². The van der Waals surface area contributed by atoms with Gasteiger partial charge >= 0.3 is 0 Å². The lowest BCUT2D eigenvalue weighted by Gasteiger charge is -2.34. The molecule has 0 aromatic heterocycles. The van der Waals surface area contributed by atoms with Crippen LogP contribution in [-0.2, 0) is 4.79 Å². The highest BCUT2D eigenvalue weighted by atomic mass is 16.1. The molecule has 4 atom stereocenters. The highest BCUT2D eigenvalue weighted by molar-refractivity contribution is 5.95. The molecule has 2 bridgehead atoms. The molecule has 3 aliphatic carbocycles. The van der Waals surface area contributed by atoms with Gasteiger partial charge in [0.25, 0.3) is 0 Å². The van der Waals surface area contributed by atoms with E-state index < -0.39 is 0 Å². The van der Waals surface area contributed by atoms with Crippen LogP contribution in [0.2, 0.25) is 0 Å². The molecule has 0 saturated heterocycles. The maximum Gasteiger partial charge on any atom is 0.147 e. The van der Waals surface area contributed by atoms with Crippen LogP contribution in [0.1, 0.15) is 47.0 Å². The predicted molar refractivity (Wildman–Crippen MR) is 65.0 cm³/mol. The van der Waals surface area contributed by atoms with Gasteiger partial charge in [-0.2, -0.15) is 0 Å². The molecular weight excluding hydrogens is 196 g/mol. The molecule has 2 saturated carbocycles. The first-order valence-corrected chi connectivity index (χ1v) is 6.63.